The zero-order chi connectivity index (χ0) is 16.2. The molecule has 1 aliphatic rings. The molecule has 1 heterocycles. The first-order valence-electron chi connectivity index (χ1n) is 7.74. The smallest absolute Gasteiger partial charge is 0.164 e. The van der Waals surface area contributed by atoms with Gasteiger partial charge in [-0.1, -0.05) is 24.3 Å². The maximum absolute atomic E-state index is 13.6. The minimum Gasteiger partial charge on any atom is -0.504 e. The number of piperazine rings is 1. The molecule has 1 unspecified atom stereocenters. The zero-order valence-electron chi connectivity index (χ0n) is 13.1. The summed E-state index contributed by atoms with van der Waals surface area (Å²) in [5, 5.41) is 13.3. The molecule has 1 fully saturated rings. The fourth-order valence-corrected chi connectivity index (χ4v) is 3.13. The molecule has 23 heavy (non-hydrogen) atoms. The number of para-hydroxylation sites is 1. The van der Waals surface area contributed by atoms with Gasteiger partial charge in [-0.25, -0.2) is 4.39 Å². The number of benzene rings is 2. The lowest BCUT2D eigenvalue weighted by molar-refractivity contribution is 0.151. The van der Waals surface area contributed by atoms with Gasteiger partial charge in [0.1, 0.15) is 5.82 Å². The summed E-state index contributed by atoms with van der Waals surface area (Å²) >= 11 is 0. The number of hydrogen-bond donors (Lipinski definition) is 2. The van der Waals surface area contributed by atoms with Gasteiger partial charge in [0.15, 0.2) is 11.5 Å². The van der Waals surface area contributed by atoms with E-state index in [1.165, 1.54) is 6.07 Å². The number of rotatable bonds is 4. The first-order valence-corrected chi connectivity index (χ1v) is 7.74. The van der Waals surface area contributed by atoms with Gasteiger partial charge in [-0.15, -0.1) is 0 Å². The second-order valence-electron chi connectivity index (χ2n) is 5.71. The molecule has 1 atom stereocenters. The molecule has 0 aromatic heterocycles. The highest BCUT2D eigenvalue weighted by molar-refractivity contribution is 5.45. The van der Waals surface area contributed by atoms with Crippen LogP contribution in [0.15, 0.2) is 42.5 Å². The van der Waals surface area contributed by atoms with Crippen molar-refractivity contribution in [3.63, 3.8) is 0 Å². The first-order chi connectivity index (χ1) is 11.2. The van der Waals surface area contributed by atoms with E-state index in [0.29, 0.717) is 12.3 Å². The minimum absolute atomic E-state index is 0.0894. The van der Waals surface area contributed by atoms with Crippen LogP contribution in [0.2, 0.25) is 0 Å². The summed E-state index contributed by atoms with van der Waals surface area (Å²) in [6.45, 7) is 3.14. The van der Waals surface area contributed by atoms with Gasteiger partial charge < -0.3 is 15.2 Å². The highest BCUT2D eigenvalue weighted by atomic mass is 19.1. The summed E-state index contributed by atoms with van der Waals surface area (Å²) in [5.41, 5.74) is 1.88. The second-order valence-corrected chi connectivity index (χ2v) is 5.71. The SMILES string of the molecule is COc1c(O)cccc1CN1CCNCC1c1cccc(F)c1. The number of ether oxygens (including phenoxy) is 1. The lowest BCUT2D eigenvalue weighted by Gasteiger charge is -2.36. The Hall–Kier alpha value is -2.11. The van der Waals surface area contributed by atoms with Gasteiger partial charge in [0.25, 0.3) is 0 Å². The lowest BCUT2D eigenvalue weighted by atomic mass is 10.0. The fraction of sp³-hybridized carbons (Fsp3) is 0.333. The van der Waals surface area contributed by atoms with Crippen LogP contribution in [0.25, 0.3) is 0 Å². The molecule has 1 saturated heterocycles. The van der Waals surface area contributed by atoms with E-state index in [0.717, 1.165) is 30.8 Å². The normalized spacial score (nSPS) is 18.8. The Morgan fingerprint density at radius 1 is 1.30 bits per heavy atom. The standard InChI is InChI=1S/C18H21FN2O2/c1-23-18-14(5-3-7-17(18)22)12-21-9-8-20-11-16(21)13-4-2-6-15(19)10-13/h2-7,10,16,20,22H,8-9,11-12H2,1H3. The van der Waals surface area contributed by atoms with Crippen LogP contribution in [-0.4, -0.2) is 36.8 Å². The van der Waals surface area contributed by atoms with Crippen molar-refractivity contribution in [1.29, 1.82) is 0 Å². The van der Waals surface area contributed by atoms with Gasteiger partial charge in [-0.2, -0.15) is 0 Å². The molecule has 122 valence electrons. The molecule has 4 nitrogen and oxygen atoms in total. The summed E-state index contributed by atoms with van der Waals surface area (Å²) in [6, 6.07) is 12.2. The van der Waals surface area contributed by atoms with Crippen LogP contribution in [0, 0.1) is 5.82 Å². The highest BCUT2D eigenvalue weighted by Crippen LogP contribution is 2.33. The van der Waals surface area contributed by atoms with Gasteiger partial charge in [0, 0.05) is 37.8 Å². The van der Waals surface area contributed by atoms with Crippen molar-refractivity contribution in [2.45, 2.75) is 12.6 Å². The van der Waals surface area contributed by atoms with Crippen molar-refractivity contribution in [3.8, 4) is 11.5 Å². The number of halogens is 1. The average molecular weight is 316 g/mol. The van der Waals surface area contributed by atoms with Crippen LogP contribution >= 0.6 is 0 Å². The number of aromatic hydroxyl groups is 1. The van der Waals surface area contributed by atoms with Crippen molar-refractivity contribution < 1.29 is 14.2 Å². The van der Waals surface area contributed by atoms with Crippen molar-refractivity contribution in [2.75, 3.05) is 26.7 Å². The number of methoxy groups -OCH3 is 1. The van der Waals surface area contributed by atoms with E-state index >= 15 is 0 Å². The van der Waals surface area contributed by atoms with Crippen LogP contribution in [0.4, 0.5) is 4.39 Å². The van der Waals surface area contributed by atoms with Crippen LogP contribution in [0.1, 0.15) is 17.2 Å². The quantitative estimate of drug-likeness (QED) is 0.910. The van der Waals surface area contributed by atoms with E-state index in [-0.39, 0.29) is 17.6 Å². The minimum atomic E-state index is -0.219. The van der Waals surface area contributed by atoms with E-state index < -0.39 is 0 Å². The second kappa shape index (κ2) is 6.98. The van der Waals surface area contributed by atoms with Crippen LogP contribution in [0.5, 0.6) is 11.5 Å². The van der Waals surface area contributed by atoms with Crippen LogP contribution in [-0.2, 0) is 6.54 Å². The molecule has 2 aromatic carbocycles. The molecular weight excluding hydrogens is 295 g/mol. The molecule has 0 bridgehead atoms. The Bertz CT molecular complexity index is 678. The number of hydrogen-bond acceptors (Lipinski definition) is 4. The highest BCUT2D eigenvalue weighted by Gasteiger charge is 2.25. The largest absolute Gasteiger partial charge is 0.504 e. The third-order valence-electron chi connectivity index (χ3n) is 4.24. The van der Waals surface area contributed by atoms with Crippen LogP contribution < -0.4 is 10.1 Å². The molecule has 3 rings (SSSR count). The van der Waals surface area contributed by atoms with Gasteiger partial charge in [-0.05, 0) is 23.8 Å². The van der Waals surface area contributed by atoms with E-state index in [1.807, 2.05) is 18.2 Å². The number of phenols is 1. The Kier molecular flexibility index (Phi) is 4.79. The van der Waals surface area contributed by atoms with Crippen LogP contribution in [0.3, 0.4) is 0 Å². The van der Waals surface area contributed by atoms with E-state index in [9.17, 15) is 9.50 Å². The molecule has 0 spiro atoms. The molecule has 0 amide bonds. The number of nitrogens with one attached hydrogen (secondary N) is 1. The number of phenolic OH excluding ortho intramolecular Hbond substituents is 1. The Morgan fingerprint density at radius 2 is 2.13 bits per heavy atom. The van der Waals surface area contributed by atoms with Gasteiger partial charge in [0.2, 0.25) is 0 Å². The van der Waals surface area contributed by atoms with E-state index in [2.05, 4.69) is 10.2 Å². The Morgan fingerprint density at radius 3 is 2.91 bits per heavy atom. The van der Waals surface area contributed by atoms with Gasteiger partial charge in [-0.3, -0.25) is 4.90 Å². The Balaban J connectivity index is 1.86. The number of nitrogens with zero attached hydrogens (tertiary/aromatic N) is 1. The summed E-state index contributed by atoms with van der Waals surface area (Å²) in [4.78, 5) is 2.28. The molecule has 0 saturated carbocycles. The fourth-order valence-electron chi connectivity index (χ4n) is 3.13. The molecule has 2 aromatic rings. The average Bonchev–Trinajstić information content (AvgIpc) is 2.56. The predicted octanol–water partition coefficient (Wildman–Crippen LogP) is 2.69. The molecule has 2 N–H and O–H groups in total. The third kappa shape index (κ3) is 3.46. The lowest BCUT2D eigenvalue weighted by Crippen LogP contribution is -2.45. The zero-order valence-corrected chi connectivity index (χ0v) is 13.1. The van der Waals surface area contributed by atoms with Crippen molar-refractivity contribution in [3.05, 3.63) is 59.4 Å². The van der Waals surface area contributed by atoms with E-state index in [4.69, 9.17) is 4.74 Å². The van der Waals surface area contributed by atoms with Crippen molar-refractivity contribution in [2.24, 2.45) is 0 Å². The molecule has 0 radical (unpaired) electrons. The summed E-state index contributed by atoms with van der Waals surface area (Å²) in [5.74, 6) is 0.425. The Labute approximate surface area is 135 Å². The maximum atomic E-state index is 13.6. The molecular formula is C18H21FN2O2. The third-order valence-corrected chi connectivity index (χ3v) is 4.24. The van der Waals surface area contributed by atoms with E-state index in [1.54, 1.807) is 25.3 Å². The van der Waals surface area contributed by atoms with Gasteiger partial charge >= 0.3 is 0 Å². The van der Waals surface area contributed by atoms with Gasteiger partial charge in [0.05, 0.1) is 7.11 Å². The summed E-state index contributed by atoms with van der Waals surface area (Å²) in [7, 11) is 1.56. The van der Waals surface area contributed by atoms with Crippen molar-refractivity contribution >= 4 is 0 Å². The monoisotopic (exact) mass is 316 g/mol. The first kappa shape index (κ1) is 15.8. The molecule has 1 aliphatic heterocycles. The molecule has 5 heteroatoms. The topological polar surface area (TPSA) is 44.7 Å². The summed E-state index contributed by atoms with van der Waals surface area (Å²) in [6.07, 6.45) is 0. The maximum Gasteiger partial charge on any atom is 0.164 e. The summed E-state index contributed by atoms with van der Waals surface area (Å²) < 4.78 is 18.9. The van der Waals surface area contributed by atoms with Crippen molar-refractivity contribution in [1.82, 2.24) is 10.2 Å². The molecule has 0 aliphatic carbocycles. The predicted molar refractivity (Wildman–Crippen MR) is 87.1 cm³/mol.